The number of nitrogens with zero attached hydrogens (tertiary/aromatic N) is 3. The first-order valence-electron chi connectivity index (χ1n) is 6.66. The number of pyridine rings is 1. The predicted molar refractivity (Wildman–Crippen MR) is 80.4 cm³/mol. The Balaban J connectivity index is 1.95. The van der Waals surface area contributed by atoms with E-state index in [0.717, 1.165) is 30.1 Å². The second-order valence-corrected chi connectivity index (χ2v) is 5.91. The third-order valence-electron chi connectivity index (χ3n) is 3.74. The van der Waals surface area contributed by atoms with Crippen molar-refractivity contribution in [1.29, 1.82) is 0 Å². The third kappa shape index (κ3) is 2.42. The van der Waals surface area contributed by atoms with Gasteiger partial charge < -0.3 is 10.6 Å². The molecule has 1 aliphatic rings. The van der Waals surface area contributed by atoms with Crippen molar-refractivity contribution in [3.63, 3.8) is 0 Å². The summed E-state index contributed by atoms with van der Waals surface area (Å²) in [6, 6.07) is 3.99. The SMILES string of the molecule is CC1CCN(c2snc(N)c2-c2ccncc2)CC1. The molecule has 1 fully saturated rings. The van der Waals surface area contributed by atoms with Crippen LogP contribution in [0.15, 0.2) is 24.5 Å². The summed E-state index contributed by atoms with van der Waals surface area (Å²) >= 11 is 1.51. The topological polar surface area (TPSA) is 55.0 Å². The zero-order valence-electron chi connectivity index (χ0n) is 11.0. The van der Waals surface area contributed by atoms with Crippen molar-refractivity contribution >= 4 is 22.4 Å². The molecule has 2 aromatic rings. The highest BCUT2D eigenvalue weighted by Crippen LogP contribution is 2.40. The first-order chi connectivity index (χ1) is 9.25. The normalized spacial score (nSPS) is 16.8. The molecule has 1 aliphatic heterocycles. The van der Waals surface area contributed by atoms with E-state index < -0.39 is 0 Å². The number of nitrogens with two attached hydrogens (primary N) is 1. The standard InChI is InChI=1S/C14H18N4S/c1-10-4-8-18(9-5-10)14-12(13(15)17-19-14)11-2-6-16-7-3-11/h2-3,6-7,10H,4-5,8-9H2,1H3,(H2,15,17). The molecule has 1 saturated heterocycles. The molecule has 0 spiro atoms. The van der Waals surface area contributed by atoms with Gasteiger partial charge in [0.05, 0.1) is 5.56 Å². The maximum absolute atomic E-state index is 6.06. The van der Waals surface area contributed by atoms with Gasteiger partial charge in [-0.1, -0.05) is 6.92 Å². The lowest BCUT2D eigenvalue weighted by molar-refractivity contribution is 0.440. The smallest absolute Gasteiger partial charge is 0.147 e. The van der Waals surface area contributed by atoms with Gasteiger partial charge >= 0.3 is 0 Å². The van der Waals surface area contributed by atoms with Crippen LogP contribution in [0, 0.1) is 5.92 Å². The Morgan fingerprint density at radius 2 is 1.95 bits per heavy atom. The Kier molecular flexibility index (Phi) is 3.38. The lowest BCUT2D eigenvalue weighted by atomic mass is 9.99. The highest BCUT2D eigenvalue weighted by Gasteiger charge is 2.22. The van der Waals surface area contributed by atoms with Crippen molar-refractivity contribution in [3.8, 4) is 11.1 Å². The van der Waals surface area contributed by atoms with Crippen LogP contribution in [0.1, 0.15) is 19.8 Å². The molecule has 0 bridgehead atoms. The van der Waals surface area contributed by atoms with E-state index in [9.17, 15) is 0 Å². The molecule has 3 heterocycles. The predicted octanol–water partition coefficient (Wildman–Crippen LogP) is 3.02. The highest BCUT2D eigenvalue weighted by atomic mass is 32.1. The van der Waals surface area contributed by atoms with Crippen molar-refractivity contribution in [1.82, 2.24) is 9.36 Å². The highest BCUT2D eigenvalue weighted by molar-refractivity contribution is 7.11. The van der Waals surface area contributed by atoms with E-state index in [0.29, 0.717) is 5.82 Å². The van der Waals surface area contributed by atoms with Gasteiger partial charge in [0.2, 0.25) is 0 Å². The summed E-state index contributed by atoms with van der Waals surface area (Å²) in [6.07, 6.45) is 6.09. The van der Waals surface area contributed by atoms with Gasteiger partial charge in [0.25, 0.3) is 0 Å². The first kappa shape index (κ1) is 12.4. The minimum atomic E-state index is 0.629. The second-order valence-electron chi connectivity index (χ2n) is 5.15. The molecule has 19 heavy (non-hydrogen) atoms. The summed E-state index contributed by atoms with van der Waals surface area (Å²) in [4.78, 5) is 6.49. The van der Waals surface area contributed by atoms with Crippen molar-refractivity contribution in [2.24, 2.45) is 5.92 Å². The summed E-state index contributed by atoms with van der Waals surface area (Å²) < 4.78 is 4.34. The van der Waals surface area contributed by atoms with E-state index >= 15 is 0 Å². The van der Waals surface area contributed by atoms with Crippen LogP contribution in [-0.4, -0.2) is 22.4 Å². The van der Waals surface area contributed by atoms with Crippen LogP contribution in [0.5, 0.6) is 0 Å². The number of nitrogen functional groups attached to an aromatic ring is 1. The molecule has 0 aliphatic carbocycles. The average molecular weight is 274 g/mol. The van der Waals surface area contributed by atoms with Crippen LogP contribution in [0.4, 0.5) is 10.8 Å². The minimum Gasteiger partial charge on any atom is -0.382 e. The van der Waals surface area contributed by atoms with Crippen molar-refractivity contribution in [3.05, 3.63) is 24.5 Å². The van der Waals surface area contributed by atoms with Gasteiger partial charge in [-0.3, -0.25) is 4.98 Å². The maximum Gasteiger partial charge on any atom is 0.147 e. The van der Waals surface area contributed by atoms with Gasteiger partial charge in [-0.2, -0.15) is 4.37 Å². The van der Waals surface area contributed by atoms with Gasteiger partial charge in [0.15, 0.2) is 0 Å². The van der Waals surface area contributed by atoms with Crippen LogP contribution < -0.4 is 10.6 Å². The van der Waals surface area contributed by atoms with Gasteiger partial charge in [-0.05, 0) is 48.0 Å². The fourth-order valence-corrected chi connectivity index (χ4v) is 3.40. The number of rotatable bonds is 2. The monoisotopic (exact) mass is 274 g/mol. The zero-order chi connectivity index (χ0) is 13.2. The molecule has 0 radical (unpaired) electrons. The van der Waals surface area contributed by atoms with E-state index in [1.807, 2.05) is 12.1 Å². The fraction of sp³-hybridized carbons (Fsp3) is 0.429. The number of piperidine rings is 1. The van der Waals surface area contributed by atoms with E-state index in [1.54, 1.807) is 12.4 Å². The number of hydrogen-bond acceptors (Lipinski definition) is 5. The summed E-state index contributed by atoms with van der Waals surface area (Å²) in [6.45, 7) is 4.52. The Morgan fingerprint density at radius 3 is 2.63 bits per heavy atom. The van der Waals surface area contributed by atoms with Crippen molar-refractivity contribution in [2.75, 3.05) is 23.7 Å². The average Bonchev–Trinajstić information content (AvgIpc) is 2.82. The molecule has 2 aromatic heterocycles. The molecule has 0 saturated carbocycles. The molecular formula is C14H18N4S. The van der Waals surface area contributed by atoms with Gasteiger partial charge in [0, 0.05) is 25.5 Å². The van der Waals surface area contributed by atoms with Gasteiger partial charge in [0.1, 0.15) is 10.8 Å². The van der Waals surface area contributed by atoms with Crippen molar-refractivity contribution in [2.45, 2.75) is 19.8 Å². The first-order valence-corrected chi connectivity index (χ1v) is 7.43. The Bertz CT molecular complexity index is 544. The minimum absolute atomic E-state index is 0.629. The maximum atomic E-state index is 6.06. The number of anilines is 2. The number of aromatic nitrogens is 2. The lowest BCUT2D eigenvalue weighted by Gasteiger charge is -2.31. The molecular weight excluding hydrogens is 256 g/mol. The molecule has 5 heteroatoms. The van der Waals surface area contributed by atoms with Crippen LogP contribution in [0.25, 0.3) is 11.1 Å². The zero-order valence-corrected chi connectivity index (χ0v) is 11.9. The van der Waals surface area contributed by atoms with E-state index in [1.165, 1.54) is 29.4 Å². The van der Waals surface area contributed by atoms with Gasteiger partial charge in [-0.15, -0.1) is 0 Å². The van der Waals surface area contributed by atoms with Crippen LogP contribution >= 0.6 is 11.5 Å². The molecule has 4 nitrogen and oxygen atoms in total. The third-order valence-corrected chi connectivity index (χ3v) is 4.66. The Hall–Kier alpha value is -1.62. The second kappa shape index (κ2) is 5.17. The largest absolute Gasteiger partial charge is 0.382 e. The van der Waals surface area contributed by atoms with Crippen LogP contribution in [0.3, 0.4) is 0 Å². The molecule has 0 unspecified atom stereocenters. The van der Waals surface area contributed by atoms with E-state index in [-0.39, 0.29) is 0 Å². The molecule has 3 rings (SSSR count). The molecule has 2 N–H and O–H groups in total. The van der Waals surface area contributed by atoms with Crippen molar-refractivity contribution < 1.29 is 0 Å². The summed E-state index contributed by atoms with van der Waals surface area (Å²) in [5, 5.41) is 1.20. The van der Waals surface area contributed by atoms with Crippen LogP contribution in [-0.2, 0) is 0 Å². The Labute approximate surface area is 117 Å². The summed E-state index contributed by atoms with van der Waals surface area (Å²) in [5.74, 6) is 1.45. The molecule has 100 valence electrons. The quantitative estimate of drug-likeness (QED) is 0.914. The fourth-order valence-electron chi connectivity index (χ4n) is 2.51. The number of hydrogen-bond donors (Lipinski definition) is 1. The van der Waals surface area contributed by atoms with E-state index in [2.05, 4.69) is 21.2 Å². The molecule has 0 amide bonds. The molecule has 0 atom stereocenters. The van der Waals surface area contributed by atoms with E-state index in [4.69, 9.17) is 5.73 Å². The van der Waals surface area contributed by atoms with Crippen LogP contribution in [0.2, 0.25) is 0 Å². The van der Waals surface area contributed by atoms with Gasteiger partial charge in [-0.25, -0.2) is 0 Å². The summed E-state index contributed by atoms with van der Waals surface area (Å²) in [5.41, 5.74) is 8.24. The molecule has 0 aromatic carbocycles. The summed E-state index contributed by atoms with van der Waals surface area (Å²) in [7, 11) is 0. The Morgan fingerprint density at radius 1 is 1.26 bits per heavy atom. The lowest BCUT2D eigenvalue weighted by Crippen LogP contribution is -2.32.